The van der Waals surface area contributed by atoms with Crippen LogP contribution in [-0.2, 0) is 22.3 Å². The number of halogens is 4. The molecule has 0 aliphatic heterocycles. The maximum Gasteiger partial charge on any atom is 0.416 e. The molecule has 21 heavy (non-hydrogen) atoms. The molecular weight excluding hydrogens is 371 g/mol. The number of nitrogens with zero attached hydrogens (tertiary/aromatic N) is 1. The molecule has 3 nitrogen and oxygen atoms in total. The van der Waals surface area contributed by atoms with Crippen LogP contribution in [0.3, 0.4) is 0 Å². The Labute approximate surface area is 130 Å². The van der Waals surface area contributed by atoms with Crippen LogP contribution in [0.2, 0.25) is 0 Å². The van der Waals surface area contributed by atoms with E-state index < -0.39 is 17.7 Å². The molecule has 0 saturated heterocycles. The molecule has 0 atom stereocenters. The first kappa shape index (κ1) is 16.0. The fourth-order valence-electron chi connectivity index (χ4n) is 1.54. The van der Waals surface area contributed by atoms with Crippen molar-refractivity contribution in [2.24, 2.45) is 0 Å². The average Bonchev–Trinajstić information content (AvgIpc) is 2.77. The molecule has 0 aliphatic rings. The minimum Gasteiger partial charge on any atom is -0.459 e. The zero-order chi connectivity index (χ0) is 15.6. The van der Waals surface area contributed by atoms with Crippen LogP contribution in [0.5, 0.6) is 0 Å². The fraction of sp³-hybridized carbons (Fsp3) is 0.231. The average molecular weight is 380 g/mol. The van der Waals surface area contributed by atoms with Crippen LogP contribution in [0.15, 0.2) is 28.1 Å². The van der Waals surface area contributed by atoms with Crippen molar-refractivity contribution in [2.45, 2.75) is 19.7 Å². The lowest BCUT2D eigenvalue weighted by Gasteiger charge is -2.07. The minimum atomic E-state index is -4.40. The van der Waals surface area contributed by atoms with Gasteiger partial charge in [-0.1, -0.05) is 12.1 Å². The number of aromatic nitrogens is 1. The SMILES string of the molecule is CC(=O)OCc1nc(-c2cccc(C(F)(F)F)c2)sc1Br. The number of alkyl halides is 3. The maximum atomic E-state index is 12.7. The molecule has 2 rings (SSSR count). The van der Waals surface area contributed by atoms with Crippen molar-refractivity contribution in [1.29, 1.82) is 0 Å². The molecule has 1 heterocycles. The normalized spacial score (nSPS) is 11.5. The molecule has 0 radical (unpaired) electrons. The highest BCUT2D eigenvalue weighted by molar-refractivity contribution is 9.11. The molecule has 0 amide bonds. The number of carbonyl (C=O) groups is 1. The number of ether oxygens (including phenoxy) is 1. The molecule has 0 bridgehead atoms. The van der Waals surface area contributed by atoms with Crippen molar-refractivity contribution in [1.82, 2.24) is 4.98 Å². The van der Waals surface area contributed by atoms with Crippen molar-refractivity contribution >= 4 is 33.2 Å². The van der Waals surface area contributed by atoms with Gasteiger partial charge in [-0.15, -0.1) is 11.3 Å². The summed E-state index contributed by atoms with van der Waals surface area (Å²) in [7, 11) is 0. The van der Waals surface area contributed by atoms with E-state index in [-0.39, 0.29) is 6.61 Å². The summed E-state index contributed by atoms with van der Waals surface area (Å²) >= 11 is 4.45. The first-order valence-corrected chi connectivity index (χ1v) is 7.34. The summed E-state index contributed by atoms with van der Waals surface area (Å²) in [5, 5.41) is 0.426. The van der Waals surface area contributed by atoms with Gasteiger partial charge in [-0.25, -0.2) is 4.98 Å². The molecule has 0 fully saturated rings. The Morgan fingerprint density at radius 1 is 1.43 bits per heavy atom. The van der Waals surface area contributed by atoms with Gasteiger partial charge in [0.2, 0.25) is 0 Å². The molecule has 0 N–H and O–H groups in total. The number of esters is 1. The minimum absolute atomic E-state index is 0.0224. The number of benzene rings is 1. The maximum absolute atomic E-state index is 12.7. The van der Waals surface area contributed by atoms with Crippen LogP contribution in [0, 0.1) is 0 Å². The Morgan fingerprint density at radius 3 is 2.76 bits per heavy atom. The number of thiazole rings is 1. The molecule has 0 unspecified atom stereocenters. The van der Waals surface area contributed by atoms with Crippen molar-refractivity contribution < 1.29 is 22.7 Å². The number of rotatable bonds is 3. The summed E-state index contributed by atoms with van der Waals surface area (Å²) < 4.78 is 43.5. The predicted molar refractivity (Wildman–Crippen MR) is 75.7 cm³/mol. The highest BCUT2D eigenvalue weighted by Crippen LogP contribution is 2.36. The third kappa shape index (κ3) is 4.04. The highest BCUT2D eigenvalue weighted by Gasteiger charge is 2.30. The Balaban J connectivity index is 2.30. The van der Waals surface area contributed by atoms with E-state index in [1.54, 1.807) is 6.07 Å². The van der Waals surface area contributed by atoms with Gasteiger partial charge in [0.1, 0.15) is 17.3 Å². The van der Waals surface area contributed by atoms with Gasteiger partial charge >= 0.3 is 12.1 Å². The van der Waals surface area contributed by atoms with Crippen LogP contribution in [0.25, 0.3) is 10.6 Å². The van der Waals surface area contributed by atoms with E-state index in [9.17, 15) is 18.0 Å². The molecular formula is C13H9BrF3NO2S. The summed E-state index contributed by atoms with van der Waals surface area (Å²) in [5.41, 5.74) is 0.111. The molecule has 0 aliphatic carbocycles. The van der Waals surface area contributed by atoms with E-state index in [1.165, 1.54) is 24.3 Å². The summed E-state index contributed by atoms with van der Waals surface area (Å²) in [4.78, 5) is 15.0. The molecule has 8 heteroatoms. The Kier molecular flexibility index (Phi) is 4.67. The van der Waals surface area contributed by atoms with Crippen LogP contribution < -0.4 is 0 Å². The lowest BCUT2D eigenvalue weighted by Crippen LogP contribution is -2.04. The summed E-state index contributed by atoms with van der Waals surface area (Å²) in [6.07, 6.45) is -4.40. The molecule has 1 aromatic carbocycles. The van der Waals surface area contributed by atoms with Gasteiger partial charge in [0, 0.05) is 12.5 Å². The second-order valence-electron chi connectivity index (χ2n) is 4.10. The van der Waals surface area contributed by atoms with E-state index in [0.717, 1.165) is 12.1 Å². The standard InChI is InChI=1S/C13H9BrF3NO2S/c1-7(19)20-6-10-11(14)21-12(18-10)8-3-2-4-9(5-8)13(15,16)17/h2-5H,6H2,1H3. The second kappa shape index (κ2) is 6.15. The summed E-state index contributed by atoms with van der Waals surface area (Å²) in [5.74, 6) is -0.449. The third-order valence-corrected chi connectivity index (χ3v) is 4.38. The van der Waals surface area contributed by atoms with Crippen LogP contribution >= 0.6 is 27.3 Å². The van der Waals surface area contributed by atoms with Gasteiger partial charge in [0.15, 0.2) is 0 Å². The van der Waals surface area contributed by atoms with E-state index in [2.05, 4.69) is 20.9 Å². The Bertz CT molecular complexity index is 670. The van der Waals surface area contributed by atoms with E-state index >= 15 is 0 Å². The lowest BCUT2D eigenvalue weighted by molar-refractivity contribution is -0.142. The quantitative estimate of drug-likeness (QED) is 0.728. The fourth-order valence-corrected chi connectivity index (χ4v) is 3.00. The van der Waals surface area contributed by atoms with Gasteiger partial charge in [-0.2, -0.15) is 13.2 Å². The molecule has 2 aromatic rings. The molecule has 0 spiro atoms. The van der Waals surface area contributed by atoms with Gasteiger partial charge in [0.25, 0.3) is 0 Å². The van der Waals surface area contributed by atoms with Crippen LogP contribution in [0.4, 0.5) is 13.2 Å². The van der Waals surface area contributed by atoms with Crippen LogP contribution in [-0.4, -0.2) is 11.0 Å². The largest absolute Gasteiger partial charge is 0.459 e. The number of hydrogen-bond donors (Lipinski definition) is 0. The monoisotopic (exact) mass is 379 g/mol. The van der Waals surface area contributed by atoms with Crippen molar-refractivity contribution in [2.75, 3.05) is 0 Å². The van der Waals surface area contributed by atoms with Gasteiger partial charge < -0.3 is 4.74 Å². The van der Waals surface area contributed by atoms with Gasteiger partial charge in [-0.3, -0.25) is 4.79 Å². The van der Waals surface area contributed by atoms with E-state index in [4.69, 9.17) is 4.74 Å². The number of hydrogen-bond acceptors (Lipinski definition) is 4. The Hall–Kier alpha value is -1.41. The second-order valence-corrected chi connectivity index (χ2v) is 6.42. The topological polar surface area (TPSA) is 39.2 Å². The Morgan fingerprint density at radius 2 is 2.14 bits per heavy atom. The van der Waals surface area contributed by atoms with Crippen molar-refractivity contribution in [3.05, 3.63) is 39.3 Å². The summed E-state index contributed by atoms with van der Waals surface area (Å²) in [6, 6.07) is 4.93. The first-order valence-electron chi connectivity index (χ1n) is 5.73. The lowest BCUT2D eigenvalue weighted by atomic mass is 10.1. The van der Waals surface area contributed by atoms with Crippen molar-refractivity contribution in [3.8, 4) is 10.6 Å². The van der Waals surface area contributed by atoms with Crippen molar-refractivity contribution in [3.63, 3.8) is 0 Å². The van der Waals surface area contributed by atoms with E-state index in [1.807, 2.05) is 0 Å². The molecule has 0 saturated carbocycles. The zero-order valence-corrected chi connectivity index (χ0v) is 13.1. The smallest absolute Gasteiger partial charge is 0.416 e. The van der Waals surface area contributed by atoms with Crippen LogP contribution in [0.1, 0.15) is 18.2 Å². The highest BCUT2D eigenvalue weighted by atomic mass is 79.9. The molecule has 1 aromatic heterocycles. The molecule has 112 valence electrons. The van der Waals surface area contributed by atoms with Gasteiger partial charge in [0.05, 0.1) is 9.35 Å². The predicted octanol–water partition coefficient (Wildman–Crippen LogP) is 4.65. The number of carbonyl (C=O) groups excluding carboxylic acids is 1. The third-order valence-electron chi connectivity index (χ3n) is 2.50. The van der Waals surface area contributed by atoms with Gasteiger partial charge in [-0.05, 0) is 28.1 Å². The zero-order valence-electron chi connectivity index (χ0n) is 10.7. The summed E-state index contributed by atoms with van der Waals surface area (Å²) in [6.45, 7) is 1.25. The van der Waals surface area contributed by atoms with E-state index in [0.29, 0.717) is 20.1 Å². The first-order chi connectivity index (χ1) is 9.77.